The van der Waals surface area contributed by atoms with Crippen LogP contribution in [0.25, 0.3) is 0 Å². The topological polar surface area (TPSA) is 74.2 Å². The first-order valence-electron chi connectivity index (χ1n) is 12.6. The molecule has 1 unspecified atom stereocenters. The summed E-state index contributed by atoms with van der Waals surface area (Å²) in [6.45, 7) is 6.33. The quantitative estimate of drug-likeness (QED) is 0.339. The van der Waals surface area contributed by atoms with Crippen LogP contribution in [0.2, 0.25) is 0 Å². The van der Waals surface area contributed by atoms with E-state index >= 15 is 0 Å². The van der Waals surface area contributed by atoms with Crippen LogP contribution in [-0.2, 0) is 14.3 Å². The van der Waals surface area contributed by atoms with Gasteiger partial charge in [0, 0.05) is 29.3 Å². The van der Waals surface area contributed by atoms with Gasteiger partial charge in [0.15, 0.2) is 17.3 Å². The lowest BCUT2D eigenvalue weighted by Gasteiger charge is -2.36. The second-order valence-corrected chi connectivity index (χ2v) is 9.65. The minimum absolute atomic E-state index is 0.0289. The van der Waals surface area contributed by atoms with E-state index in [0.29, 0.717) is 42.2 Å². The van der Waals surface area contributed by atoms with E-state index in [9.17, 15) is 9.59 Å². The number of ketones is 1. The molecule has 2 aromatic rings. The molecular weight excluding hydrogens is 454 g/mol. The molecule has 0 bridgehead atoms. The summed E-state index contributed by atoms with van der Waals surface area (Å²) in [5.41, 5.74) is 5.16. The Hall–Kier alpha value is -3.41. The third-order valence-electron chi connectivity index (χ3n) is 7.16. The molecule has 2 aromatic carbocycles. The number of aryl methyl sites for hydroxylation is 1. The molecule has 36 heavy (non-hydrogen) atoms. The van der Waals surface area contributed by atoms with Gasteiger partial charge in [0.2, 0.25) is 0 Å². The average molecular weight is 490 g/mol. The van der Waals surface area contributed by atoms with Crippen molar-refractivity contribution >= 4 is 17.5 Å². The SMILES string of the molecule is CCCCOC(=O)C1C(C)=NC2=C(C(=O)C[C@H](c3ccc(OC)c(OC)c3)C2)[C@@H]1c1cccc(C)c1. The molecule has 6 heteroatoms. The molecule has 3 atom stereocenters. The largest absolute Gasteiger partial charge is 0.493 e. The molecule has 0 N–H and O–H groups in total. The Labute approximate surface area is 213 Å². The van der Waals surface area contributed by atoms with E-state index in [4.69, 9.17) is 19.2 Å². The number of benzene rings is 2. The number of hydrogen-bond acceptors (Lipinski definition) is 6. The zero-order chi connectivity index (χ0) is 25.8. The Balaban J connectivity index is 1.74. The smallest absolute Gasteiger partial charge is 0.315 e. The van der Waals surface area contributed by atoms with E-state index in [2.05, 4.69) is 13.0 Å². The number of hydrogen-bond donors (Lipinski definition) is 0. The fourth-order valence-corrected chi connectivity index (χ4v) is 5.34. The van der Waals surface area contributed by atoms with Gasteiger partial charge in [-0.25, -0.2) is 0 Å². The molecule has 1 aliphatic carbocycles. The molecule has 190 valence electrons. The summed E-state index contributed by atoms with van der Waals surface area (Å²) in [6, 6.07) is 13.9. The molecular formula is C30H35NO5. The standard InChI is InChI=1S/C30H35NO5/c1-6-7-13-36-30(33)27-19(3)31-23-15-22(20-11-12-25(34-4)26(17-20)35-5)16-24(32)29(23)28(27)21-10-8-9-18(2)14-21/h8-12,14,17,22,27-28H,6-7,13,15-16H2,1-5H3/t22-,27?,28-/m1/s1. The van der Waals surface area contributed by atoms with Gasteiger partial charge in [0.25, 0.3) is 0 Å². The molecule has 2 aliphatic rings. The van der Waals surface area contributed by atoms with Crippen LogP contribution >= 0.6 is 0 Å². The second-order valence-electron chi connectivity index (χ2n) is 9.65. The number of methoxy groups -OCH3 is 2. The summed E-state index contributed by atoms with van der Waals surface area (Å²) in [5.74, 6) is -0.0206. The van der Waals surface area contributed by atoms with Crippen molar-refractivity contribution in [1.82, 2.24) is 0 Å². The molecule has 0 saturated heterocycles. The molecule has 0 fully saturated rings. The van der Waals surface area contributed by atoms with Crippen LogP contribution in [0.15, 0.2) is 58.7 Å². The van der Waals surface area contributed by atoms with E-state index in [1.165, 1.54) is 0 Å². The van der Waals surface area contributed by atoms with Crippen molar-refractivity contribution in [2.75, 3.05) is 20.8 Å². The van der Waals surface area contributed by atoms with Crippen LogP contribution in [0.3, 0.4) is 0 Å². The average Bonchev–Trinajstić information content (AvgIpc) is 2.87. The summed E-state index contributed by atoms with van der Waals surface area (Å²) in [4.78, 5) is 31.9. The van der Waals surface area contributed by atoms with Crippen LogP contribution in [0.5, 0.6) is 11.5 Å². The maximum absolute atomic E-state index is 13.8. The Morgan fingerprint density at radius 3 is 2.47 bits per heavy atom. The number of aliphatic imine (C=N–C) groups is 1. The van der Waals surface area contributed by atoms with Crippen molar-refractivity contribution in [3.05, 3.63) is 70.4 Å². The van der Waals surface area contributed by atoms with Crippen molar-refractivity contribution in [1.29, 1.82) is 0 Å². The van der Waals surface area contributed by atoms with E-state index in [1.54, 1.807) is 14.2 Å². The molecule has 0 radical (unpaired) electrons. The number of carbonyl (C=O) groups is 2. The van der Waals surface area contributed by atoms with Gasteiger partial charge in [-0.05, 0) is 55.9 Å². The monoisotopic (exact) mass is 489 g/mol. The Kier molecular flexibility index (Phi) is 7.92. The minimum atomic E-state index is -0.607. The van der Waals surface area contributed by atoms with Gasteiger partial charge >= 0.3 is 5.97 Å². The van der Waals surface area contributed by atoms with Crippen molar-refractivity contribution in [2.24, 2.45) is 10.9 Å². The fourth-order valence-electron chi connectivity index (χ4n) is 5.34. The number of unbranched alkanes of at least 4 members (excludes halogenated alkanes) is 1. The van der Waals surface area contributed by atoms with Crippen LogP contribution in [-0.4, -0.2) is 38.3 Å². The van der Waals surface area contributed by atoms with Crippen molar-refractivity contribution in [2.45, 2.75) is 58.3 Å². The number of Topliss-reactive ketones (excluding diaryl/α,β-unsaturated/α-hetero) is 1. The number of rotatable bonds is 8. The first kappa shape index (κ1) is 25.7. The highest BCUT2D eigenvalue weighted by Gasteiger charge is 2.44. The lowest BCUT2D eigenvalue weighted by atomic mass is 9.69. The summed E-state index contributed by atoms with van der Waals surface area (Å²) < 4.78 is 16.5. The van der Waals surface area contributed by atoms with Crippen LogP contribution < -0.4 is 9.47 Å². The number of carbonyl (C=O) groups excluding carboxylic acids is 2. The molecule has 0 spiro atoms. The lowest BCUT2D eigenvalue weighted by molar-refractivity contribution is -0.146. The zero-order valence-corrected chi connectivity index (χ0v) is 21.8. The van der Waals surface area contributed by atoms with E-state index in [0.717, 1.165) is 35.2 Å². The second kappa shape index (κ2) is 11.1. The predicted molar refractivity (Wildman–Crippen MR) is 140 cm³/mol. The van der Waals surface area contributed by atoms with Gasteiger partial charge in [-0.15, -0.1) is 0 Å². The maximum Gasteiger partial charge on any atom is 0.315 e. The molecule has 1 aliphatic heterocycles. The predicted octanol–water partition coefficient (Wildman–Crippen LogP) is 5.93. The first-order valence-corrected chi connectivity index (χ1v) is 12.6. The van der Waals surface area contributed by atoms with Gasteiger partial charge in [0.1, 0.15) is 5.92 Å². The van der Waals surface area contributed by atoms with E-state index in [-0.39, 0.29) is 17.7 Å². The van der Waals surface area contributed by atoms with Gasteiger partial charge in [-0.2, -0.15) is 0 Å². The summed E-state index contributed by atoms with van der Waals surface area (Å²) >= 11 is 0. The number of esters is 1. The Morgan fingerprint density at radius 2 is 1.78 bits per heavy atom. The molecule has 6 nitrogen and oxygen atoms in total. The highest BCUT2D eigenvalue weighted by molar-refractivity contribution is 6.09. The van der Waals surface area contributed by atoms with Crippen LogP contribution in [0.1, 0.15) is 68.1 Å². The van der Waals surface area contributed by atoms with Gasteiger partial charge in [-0.1, -0.05) is 49.2 Å². The Bertz CT molecular complexity index is 1210. The van der Waals surface area contributed by atoms with E-state index < -0.39 is 11.8 Å². The highest BCUT2D eigenvalue weighted by atomic mass is 16.5. The lowest BCUT2D eigenvalue weighted by Crippen LogP contribution is -2.38. The molecule has 0 aromatic heterocycles. The summed E-state index contributed by atoms with van der Waals surface area (Å²) in [5, 5.41) is 0. The third-order valence-corrected chi connectivity index (χ3v) is 7.16. The van der Waals surface area contributed by atoms with Gasteiger partial charge < -0.3 is 14.2 Å². The molecule has 1 heterocycles. The maximum atomic E-state index is 13.8. The van der Waals surface area contributed by atoms with Crippen LogP contribution in [0.4, 0.5) is 0 Å². The van der Waals surface area contributed by atoms with Crippen molar-refractivity contribution in [3.63, 3.8) is 0 Å². The normalized spacial score (nSPS) is 21.5. The Morgan fingerprint density at radius 1 is 1.00 bits per heavy atom. The number of nitrogens with zero attached hydrogens (tertiary/aromatic N) is 1. The van der Waals surface area contributed by atoms with E-state index in [1.807, 2.05) is 50.2 Å². The van der Waals surface area contributed by atoms with Crippen molar-refractivity contribution in [3.8, 4) is 11.5 Å². The minimum Gasteiger partial charge on any atom is -0.493 e. The molecule has 0 saturated carbocycles. The summed E-state index contributed by atoms with van der Waals surface area (Å²) in [6.07, 6.45) is 2.72. The molecule has 4 rings (SSSR count). The highest BCUT2D eigenvalue weighted by Crippen LogP contribution is 2.47. The van der Waals surface area contributed by atoms with Crippen LogP contribution in [0, 0.1) is 12.8 Å². The van der Waals surface area contributed by atoms with Gasteiger partial charge in [0.05, 0.1) is 20.8 Å². The number of ether oxygens (including phenoxy) is 3. The van der Waals surface area contributed by atoms with Crippen molar-refractivity contribution < 1.29 is 23.8 Å². The third kappa shape index (κ3) is 5.08. The summed E-state index contributed by atoms with van der Waals surface area (Å²) in [7, 11) is 3.21. The molecule has 0 amide bonds. The number of allylic oxidation sites excluding steroid dienone is 2. The fraction of sp³-hybridized carbons (Fsp3) is 0.433. The van der Waals surface area contributed by atoms with Gasteiger partial charge in [-0.3, -0.25) is 14.6 Å². The zero-order valence-electron chi connectivity index (χ0n) is 21.8. The first-order chi connectivity index (χ1) is 17.4.